The molecule has 0 unspecified atom stereocenters. The number of nitrogens with zero attached hydrogens (tertiary/aromatic N) is 1. The van der Waals surface area contributed by atoms with Gasteiger partial charge >= 0.3 is 0 Å². The maximum Gasteiger partial charge on any atom is 0.248 e. The van der Waals surface area contributed by atoms with Crippen LogP contribution in [-0.2, 0) is 4.79 Å². The molecule has 3 rings (SSSR count). The average molecular weight is 372 g/mol. The maximum atomic E-state index is 13.7. The Hall–Kier alpha value is -2.89. The summed E-state index contributed by atoms with van der Waals surface area (Å²) in [6.07, 6.45) is 6.13. The van der Waals surface area contributed by atoms with E-state index in [2.05, 4.69) is 10.2 Å². The van der Waals surface area contributed by atoms with Gasteiger partial charge in [-0.3, -0.25) is 4.79 Å². The first-order valence-electron chi connectivity index (χ1n) is 8.94. The highest BCUT2D eigenvalue weighted by atomic mass is 19.1. The molecule has 1 aliphatic rings. The van der Waals surface area contributed by atoms with Crippen molar-refractivity contribution in [3.8, 4) is 5.75 Å². The van der Waals surface area contributed by atoms with E-state index in [9.17, 15) is 13.6 Å². The van der Waals surface area contributed by atoms with Crippen LogP contribution in [0.3, 0.4) is 0 Å². The number of benzene rings is 2. The van der Waals surface area contributed by atoms with Crippen LogP contribution in [-0.4, -0.2) is 26.1 Å². The Balaban J connectivity index is 1.73. The predicted octanol–water partition coefficient (Wildman–Crippen LogP) is 4.62. The summed E-state index contributed by atoms with van der Waals surface area (Å²) in [5.41, 5.74) is 1.78. The van der Waals surface area contributed by atoms with E-state index in [1.54, 1.807) is 12.1 Å². The van der Waals surface area contributed by atoms with Crippen LogP contribution < -0.4 is 15.0 Å². The molecule has 0 aliphatic carbocycles. The lowest BCUT2D eigenvalue weighted by Gasteiger charge is -2.30. The van der Waals surface area contributed by atoms with E-state index in [1.165, 1.54) is 49.9 Å². The lowest BCUT2D eigenvalue weighted by atomic mass is 10.1. The van der Waals surface area contributed by atoms with Gasteiger partial charge in [-0.05, 0) is 61.2 Å². The molecule has 27 heavy (non-hydrogen) atoms. The van der Waals surface area contributed by atoms with Gasteiger partial charge in [-0.15, -0.1) is 0 Å². The van der Waals surface area contributed by atoms with Crippen LogP contribution in [0.2, 0.25) is 0 Å². The lowest BCUT2D eigenvalue weighted by molar-refractivity contribution is -0.111. The Morgan fingerprint density at radius 3 is 2.59 bits per heavy atom. The quantitative estimate of drug-likeness (QED) is 0.779. The molecular weight excluding hydrogens is 350 g/mol. The first-order valence-corrected chi connectivity index (χ1v) is 8.94. The molecule has 0 radical (unpaired) electrons. The Bertz CT molecular complexity index is 846. The molecule has 1 aliphatic heterocycles. The van der Waals surface area contributed by atoms with Crippen molar-refractivity contribution in [3.63, 3.8) is 0 Å². The van der Waals surface area contributed by atoms with E-state index in [0.29, 0.717) is 11.3 Å². The van der Waals surface area contributed by atoms with Gasteiger partial charge in [0.2, 0.25) is 5.91 Å². The van der Waals surface area contributed by atoms with Crippen molar-refractivity contribution < 1.29 is 18.3 Å². The number of carbonyl (C=O) groups excluding carboxylic acids is 1. The molecule has 2 aromatic carbocycles. The fourth-order valence-corrected chi connectivity index (χ4v) is 3.15. The minimum absolute atomic E-state index is 0.141. The zero-order chi connectivity index (χ0) is 19.2. The molecule has 142 valence electrons. The summed E-state index contributed by atoms with van der Waals surface area (Å²) in [7, 11) is 1.39. The molecular formula is C21H22F2N2O2. The van der Waals surface area contributed by atoms with E-state index < -0.39 is 17.5 Å². The van der Waals surface area contributed by atoms with Crippen molar-refractivity contribution >= 4 is 23.4 Å². The molecule has 6 heteroatoms. The SMILES string of the molecule is COc1ccc(/C=C/C(=O)Nc2cc(F)ccc2N2CCCCC2)cc1F. The Morgan fingerprint density at radius 1 is 1.11 bits per heavy atom. The molecule has 0 spiro atoms. The van der Waals surface area contributed by atoms with Gasteiger partial charge in [0.15, 0.2) is 11.6 Å². The number of rotatable bonds is 5. The highest BCUT2D eigenvalue weighted by Crippen LogP contribution is 2.29. The van der Waals surface area contributed by atoms with Crippen LogP contribution in [0.15, 0.2) is 42.5 Å². The summed E-state index contributed by atoms with van der Waals surface area (Å²) in [6.45, 7) is 1.77. The molecule has 4 nitrogen and oxygen atoms in total. The molecule has 0 atom stereocenters. The van der Waals surface area contributed by atoms with E-state index in [4.69, 9.17) is 4.74 Å². The number of piperidine rings is 1. The highest BCUT2D eigenvalue weighted by Gasteiger charge is 2.16. The van der Waals surface area contributed by atoms with Gasteiger partial charge in [0.25, 0.3) is 0 Å². The van der Waals surface area contributed by atoms with Crippen molar-refractivity contribution in [2.24, 2.45) is 0 Å². The molecule has 0 aromatic heterocycles. The van der Waals surface area contributed by atoms with Crippen LogP contribution in [0.25, 0.3) is 6.08 Å². The van der Waals surface area contributed by atoms with Crippen molar-refractivity contribution in [1.29, 1.82) is 0 Å². The third-order valence-electron chi connectivity index (χ3n) is 4.52. The summed E-state index contributed by atoms with van der Waals surface area (Å²) in [4.78, 5) is 14.4. The van der Waals surface area contributed by atoms with Gasteiger partial charge in [-0.2, -0.15) is 0 Å². The van der Waals surface area contributed by atoms with Crippen LogP contribution in [0.4, 0.5) is 20.2 Å². The monoisotopic (exact) mass is 372 g/mol. The summed E-state index contributed by atoms with van der Waals surface area (Å²) < 4.78 is 32.3. The first-order chi connectivity index (χ1) is 13.1. The Kier molecular flexibility index (Phi) is 6.06. The molecule has 0 bridgehead atoms. The number of carbonyl (C=O) groups is 1. The molecule has 1 fully saturated rings. The molecule has 1 saturated heterocycles. The number of anilines is 2. The topological polar surface area (TPSA) is 41.6 Å². The fraction of sp³-hybridized carbons (Fsp3) is 0.286. The lowest BCUT2D eigenvalue weighted by Crippen LogP contribution is -2.30. The summed E-state index contributed by atoms with van der Waals surface area (Å²) >= 11 is 0. The summed E-state index contributed by atoms with van der Waals surface area (Å²) in [6, 6.07) is 8.84. The van der Waals surface area contributed by atoms with Crippen LogP contribution >= 0.6 is 0 Å². The minimum Gasteiger partial charge on any atom is -0.494 e. The second-order valence-corrected chi connectivity index (χ2v) is 6.43. The Morgan fingerprint density at radius 2 is 1.89 bits per heavy atom. The number of hydrogen-bond acceptors (Lipinski definition) is 3. The van der Waals surface area contributed by atoms with Crippen LogP contribution in [0.5, 0.6) is 5.75 Å². The molecule has 2 aromatic rings. The van der Waals surface area contributed by atoms with E-state index in [-0.39, 0.29) is 5.75 Å². The third kappa shape index (κ3) is 4.84. The zero-order valence-corrected chi connectivity index (χ0v) is 15.2. The van der Waals surface area contributed by atoms with Crippen molar-refractivity contribution in [3.05, 3.63) is 59.7 Å². The minimum atomic E-state index is -0.502. The molecule has 1 heterocycles. The van der Waals surface area contributed by atoms with Gasteiger partial charge in [0, 0.05) is 19.2 Å². The normalized spacial score (nSPS) is 14.4. The van der Waals surface area contributed by atoms with Gasteiger partial charge in [-0.1, -0.05) is 6.07 Å². The van der Waals surface area contributed by atoms with Gasteiger partial charge in [0.1, 0.15) is 5.82 Å². The van der Waals surface area contributed by atoms with Gasteiger partial charge < -0.3 is 15.0 Å². The number of ether oxygens (including phenoxy) is 1. The average Bonchev–Trinajstić information content (AvgIpc) is 2.67. The van der Waals surface area contributed by atoms with Gasteiger partial charge in [0.05, 0.1) is 18.5 Å². The maximum absolute atomic E-state index is 13.7. The number of nitrogens with one attached hydrogen (secondary N) is 1. The van der Waals surface area contributed by atoms with E-state index in [1.807, 2.05) is 0 Å². The second kappa shape index (κ2) is 8.66. The van der Waals surface area contributed by atoms with Crippen LogP contribution in [0, 0.1) is 11.6 Å². The molecule has 0 saturated carbocycles. The van der Waals surface area contributed by atoms with Crippen molar-refractivity contribution in [2.45, 2.75) is 19.3 Å². The third-order valence-corrected chi connectivity index (χ3v) is 4.52. The number of halogens is 2. The standard InChI is InChI=1S/C21H22F2N2O2/c1-27-20-9-5-15(13-17(20)23)6-10-21(26)24-18-14-16(22)7-8-19(18)25-11-3-2-4-12-25/h5-10,13-14H,2-4,11-12H2,1H3,(H,24,26)/b10-6+. The smallest absolute Gasteiger partial charge is 0.248 e. The Labute approximate surface area is 157 Å². The zero-order valence-electron chi connectivity index (χ0n) is 15.2. The van der Waals surface area contributed by atoms with E-state index in [0.717, 1.165) is 31.6 Å². The summed E-state index contributed by atoms with van der Waals surface area (Å²) in [5, 5.41) is 2.73. The first kappa shape index (κ1) is 18.9. The number of methoxy groups -OCH3 is 1. The second-order valence-electron chi connectivity index (χ2n) is 6.43. The molecule has 1 amide bonds. The van der Waals surface area contributed by atoms with Crippen molar-refractivity contribution in [1.82, 2.24) is 0 Å². The predicted molar refractivity (Wildman–Crippen MR) is 103 cm³/mol. The fourth-order valence-electron chi connectivity index (χ4n) is 3.15. The van der Waals surface area contributed by atoms with E-state index >= 15 is 0 Å². The highest BCUT2D eigenvalue weighted by molar-refractivity contribution is 6.03. The summed E-state index contributed by atoms with van der Waals surface area (Å²) in [5.74, 6) is -1.18. The van der Waals surface area contributed by atoms with Gasteiger partial charge in [-0.25, -0.2) is 8.78 Å². The largest absolute Gasteiger partial charge is 0.494 e. The molecule has 1 N–H and O–H groups in total. The van der Waals surface area contributed by atoms with Crippen LogP contribution in [0.1, 0.15) is 24.8 Å². The number of amides is 1. The van der Waals surface area contributed by atoms with Crippen molar-refractivity contribution in [2.75, 3.05) is 30.4 Å². The number of hydrogen-bond donors (Lipinski definition) is 1.